The molecule has 2 rings (SSSR count). The molecule has 2 amide bonds. The van der Waals surface area contributed by atoms with Crippen LogP contribution in [0.3, 0.4) is 0 Å². The third-order valence-corrected chi connectivity index (χ3v) is 4.63. The maximum absolute atomic E-state index is 12.6. The van der Waals surface area contributed by atoms with E-state index in [0.29, 0.717) is 18.9 Å². The summed E-state index contributed by atoms with van der Waals surface area (Å²) < 4.78 is 0. The van der Waals surface area contributed by atoms with Crippen LogP contribution >= 0.6 is 0 Å². The second-order valence-corrected chi connectivity index (χ2v) is 7.27. The summed E-state index contributed by atoms with van der Waals surface area (Å²) in [5.74, 6) is 0.454. The molecule has 1 heterocycles. The molecule has 0 bridgehead atoms. The fourth-order valence-corrected chi connectivity index (χ4v) is 2.90. The van der Waals surface area contributed by atoms with Crippen LogP contribution in [0, 0.1) is 0 Å². The lowest BCUT2D eigenvalue weighted by Crippen LogP contribution is -2.68. The van der Waals surface area contributed by atoms with Crippen molar-refractivity contribution in [2.75, 3.05) is 6.54 Å². The number of nitrogens with one attached hydrogen (secondary N) is 1. The van der Waals surface area contributed by atoms with Crippen LogP contribution in [0.5, 0.6) is 0 Å². The van der Waals surface area contributed by atoms with Crippen molar-refractivity contribution in [3.8, 4) is 0 Å². The van der Waals surface area contributed by atoms with E-state index < -0.39 is 5.54 Å². The molecule has 1 fully saturated rings. The van der Waals surface area contributed by atoms with E-state index in [0.717, 1.165) is 12.0 Å². The maximum Gasteiger partial charge on any atom is 0.245 e. The number of hydrogen-bond donors (Lipinski definition) is 1. The first-order valence-corrected chi connectivity index (χ1v) is 8.44. The average Bonchev–Trinajstić information content (AvgIpc) is 2.44. The van der Waals surface area contributed by atoms with Crippen molar-refractivity contribution in [3.05, 3.63) is 35.4 Å². The van der Waals surface area contributed by atoms with Crippen LogP contribution < -0.4 is 5.32 Å². The molecule has 1 aromatic rings. The highest BCUT2D eigenvalue weighted by Gasteiger charge is 2.49. The highest BCUT2D eigenvalue weighted by Crippen LogP contribution is 2.31. The van der Waals surface area contributed by atoms with Crippen molar-refractivity contribution in [2.45, 2.75) is 65.0 Å². The average molecular weight is 316 g/mol. The Morgan fingerprint density at radius 3 is 2.22 bits per heavy atom. The second kappa shape index (κ2) is 6.73. The van der Waals surface area contributed by atoms with Crippen molar-refractivity contribution in [2.24, 2.45) is 0 Å². The Morgan fingerprint density at radius 1 is 1.17 bits per heavy atom. The van der Waals surface area contributed by atoms with Gasteiger partial charge in [0.05, 0.1) is 6.42 Å². The Bertz CT molecular complexity index is 578. The smallest absolute Gasteiger partial charge is 0.245 e. The van der Waals surface area contributed by atoms with E-state index in [1.54, 1.807) is 4.90 Å². The summed E-state index contributed by atoms with van der Waals surface area (Å²) in [5.41, 5.74) is 1.57. The van der Waals surface area contributed by atoms with Crippen molar-refractivity contribution in [3.63, 3.8) is 0 Å². The molecule has 1 aromatic carbocycles. The lowest BCUT2D eigenvalue weighted by molar-refractivity contribution is -0.157. The van der Waals surface area contributed by atoms with Gasteiger partial charge in [-0.25, -0.2) is 0 Å². The summed E-state index contributed by atoms with van der Waals surface area (Å²) in [4.78, 5) is 26.6. The minimum Gasteiger partial charge on any atom is -0.352 e. The topological polar surface area (TPSA) is 49.4 Å². The van der Waals surface area contributed by atoms with Crippen LogP contribution in [-0.4, -0.2) is 34.8 Å². The first kappa shape index (κ1) is 17.5. The molecular formula is C19H28N2O2. The predicted molar refractivity (Wildman–Crippen MR) is 92.2 cm³/mol. The fraction of sp³-hybridized carbons (Fsp3) is 0.579. The number of benzene rings is 1. The lowest BCUT2D eigenvalue weighted by atomic mass is 9.84. The van der Waals surface area contributed by atoms with Crippen LogP contribution in [0.1, 0.15) is 58.1 Å². The first-order chi connectivity index (χ1) is 10.7. The van der Waals surface area contributed by atoms with Crippen molar-refractivity contribution in [1.82, 2.24) is 10.2 Å². The monoisotopic (exact) mass is 316 g/mol. The SMILES string of the molecule is CC(C)NC(=O)C1(C)CCN1C(=O)Cc1ccc(C(C)C)cc1. The zero-order valence-corrected chi connectivity index (χ0v) is 14.8. The number of amides is 2. The normalized spacial score (nSPS) is 20.6. The molecule has 23 heavy (non-hydrogen) atoms. The Hall–Kier alpha value is -1.84. The maximum atomic E-state index is 12.6. The quantitative estimate of drug-likeness (QED) is 0.908. The number of carbonyl (C=O) groups is 2. The molecule has 4 heteroatoms. The van der Waals surface area contributed by atoms with E-state index in [4.69, 9.17) is 0 Å². The highest BCUT2D eigenvalue weighted by atomic mass is 16.2. The predicted octanol–water partition coefficient (Wildman–Crippen LogP) is 2.87. The molecule has 0 radical (unpaired) electrons. The Morgan fingerprint density at radius 2 is 1.78 bits per heavy atom. The van der Waals surface area contributed by atoms with Gasteiger partial charge in [0.25, 0.3) is 0 Å². The van der Waals surface area contributed by atoms with E-state index in [9.17, 15) is 9.59 Å². The minimum absolute atomic E-state index is 0.0231. The summed E-state index contributed by atoms with van der Waals surface area (Å²) in [6.07, 6.45) is 1.08. The molecule has 1 atom stereocenters. The molecule has 1 aliphatic rings. The van der Waals surface area contributed by atoms with Crippen molar-refractivity contribution < 1.29 is 9.59 Å². The molecule has 0 saturated carbocycles. The number of likely N-dealkylation sites (tertiary alicyclic amines) is 1. The molecule has 1 unspecified atom stereocenters. The van der Waals surface area contributed by atoms with Crippen molar-refractivity contribution in [1.29, 1.82) is 0 Å². The van der Waals surface area contributed by atoms with Crippen LogP contribution in [0.4, 0.5) is 0 Å². The Labute approximate surface area is 139 Å². The van der Waals surface area contributed by atoms with Gasteiger partial charge in [-0.05, 0) is 44.2 Å². The van der Waals surface area contributed by atoms with Gasteiger partial charge in [0, 0.05) is 12.6 Å². The molecule has 0 spiro atoms. The Balaban J connectivity index is 2.01. The number of hydrogen-bond acceptors (Lipinski definition) is 2. The van der Waals surface area contributed by atoms with Crippen LogP contribution in [0.25, 0.3) is 0 Å². The van der Waals surface area contributed by atoms with Crippen LogP contribution in [-0.2, 0) is 16.0 Å². The number of rotatable bonds is 5. The van der Waals surface area contributed by atoms with Crippen molar-refractivity contribution >= 4 is 11.8 Å². The fourth-order valence-electron chi connectivity index (χ4n) is 2.90. The summed E-state index contributed by atoms with van der Waals surface area (Å²) in [6, 6.07) is 8.26. The molecule has 1 saturated heterocycles. The molecule has 1 N–H and O–H groups in total. The van der Waals surface area contributed by atoms with Gasteiger partial charge < -0.3 is 10.2 Å². The molecule has 0 aliphatic carbocycles. The minimum atomic E-state index is -0.695. The van der Waals surface area contributed by atoms with Gasteiger partial charge in [0.1, 0.15) is 5.54 Å². The van der Waals surface area contributed by atoms with E-state index in [1.165, 1.54) is 5.56 Å². The zero-order valence-electron chi connectivity index (χ0n) is 14.8. The summed E-state index contributed by atoms with van der Waals surface area (Å²) in [5, 5.41) is 2.92. The third kappa shape index (κ3) is 3.74. The largest absolute Gasteiger partial charge is 0.352 e. The standard InChI is InChI=1S/C19H28N2O2/c1-13(2)16-8-6-15(7-9-16)12-17(22)21-11-10-19(21,5)18(23)20-14(3)4/h6-9,13-14H,10-12H2,1-5H3,(H,20,23). The van der Waals surface area contributed by atoms with Gasteiger partial charge in [-0.1, -0.05) is 38.1 Å². The highest BCUT2D eigenvalue weighted by molar-refractivity contribution is 5.93. The van der Waals surface area contributed by atoms with Gasteiger partial charge in [-0.2, -0.15) is 0 Å². The first-order valence-electron chi connectivity index (χ1n) is 8.44. The third-order valence-electron chi connectivity index (χ3n) is 4.63. The second-order valence-electron chi connectivity index (χ2n) is 7.27. The molecule has 1 aliphatic heterocycles. The summed E-state index contributed by atoms with van der Waals surface area (Å²) in [6.45, 7) is 10.7. The molecular weight excluding hydrogens is 288 g/mol. The molecule has 126 valence electrons. The summed E-state index contributed by atoms with van der Waals surface area (Å²) in [7, 11) is 0. The van der Waals surface area contributed by atoms with E-state index in [1.807, 2.05) is 32.9 Å². The Kier molecular flexibility index (Phi) is 5.12. The van der Waals surface area contributed by atoms with Gasteiger partial charge in [0.2, 0.25) is 11.8 Å². The number of nitrogens with zero attached hydrogens (tertiary/aromatic N) is 1. The zero-order chi connectivity index (χ0) is 17.2. The summed E-state index contributed by atoms with van der Waals surface area (Å²) >= 11 is 0. The van der Waals surface area contributed by atoms with Crippen LogP contribution in [0.2, 0.25) is 0 Å². The van der Waals surface area contributed by atoms with Gasteiger partial charge in [0.15, 0.2) is 0 Å². The van der Waals surface area contributed by atoms with Gasteiger partial charge in [-0.15, -0.1) is 0 Å². The van der Waals surface area contributed by atoms with Gasteiger partial charge in [-0.3, -0.25) is 9.59 Å². The van der Waals surface area contributed by atoms with E-state index in [2.05, 4.69) is 31.3 Å². The molecule has 4 nitrogen and oxygen atoms in total. The van der Waals surface area contributed by atoms with E-state index in [-0.39, 0.29) is 17.9 Å². The van der Waals surface area contributed by atoms with Crippen LogP contribution in [0.15, 0.2) is 24.3 Å². The number of carbonyl (C=O) groups excluding carboxylic acids is 2. The lowest BCUT2D eigenvalue weighted by Gasteiger charge is -2.49. The molecule has 0 aromatic heterocycles. The van der Waals surface area contributed by atoms with E-state index >= 15 is 0 Å². The van der Waals surface area contributed by atoms with Gasteiger partial charge >= 0.3 is 0 Å².